The van der Waals surface area contributed by atoms with Crippen molar-refractivity contribution in [3.8, 4) is 0 Å². The van der Waals surface area contributed by atoms with E-state index in [2.05, 4.69) is 16.9 Å². The van der Waals surface area contributed by atoms with Crippen LogP contribution in [0.4, 0.5) is 5.69 Å². The number of carbonyl (C=O) groups is 1. The van der Waals surface area contributed by atoms with Crippen molar-refractivity contribution < 1.29 is 4.79 Å². The van der Waals surface area contributed by atoms with Gasteiger partial charge in [0, 0.05) is 0 Å². The zero-order valence-electron chi connectivity index (χ0n) is 8.38. The van der Waals surface area contributed by atoms with Gasteiger partial charge in [-0.3, -0.25) is 4.79 Å². The Morgan fingerprint density at radius 1 is 1.80 bits per heavy atom. The maximum absolute atomic E-state index is 10.8. The fourth-order valence-electron chi connectivity index (χ4n) is 1.49. The van der Waals surface area contributed by atoms with E-state index < -0.39 is 0 Å². The molecule has 0 fully saturated rings. The Labute approximate surface area is 91.9 Å². The molecule has 2 rings (SSSR count). The van der Waals surface area contributed by atoms with E-state index in [1.54, 1.807) is 5.01 Å². The van der Waals surface area contributed by atoms with Crippen molar-refractivity contribution in [3.05, 3.63) is 28.5 Å². The molecule has 0 saturated heterocycles. The van der Waals surface area contributed by atoms with Crippen LogP contribution < -0.4 is 5.01 Å². The van der Waals surface area contributed by atoms with Crippen molar-refractivity contribution in [3.63, 3.8) is 0 Å². The Morgan fingerprint density at radius 3 is 3.27 bits per heavy atom. The molecule has 1 unspecified atom stereocenters. The van der Waals surface area contributed by atoms with Gasteiger partial charge in [-0.2, -0.15) is 5.11 Å². The SMILES string of the molecule is C=C(C)C1CN=NN1c1ccsc1C=O. The minimum Gasteiger partial charge on any atom is -0.297 e. The van der Waals surface area contributed by atoms with Crippen LogP contribution in [0.1, 0.15) is 16.6 Å². The first-order valence-electron chi connectivity index (χ1n) is 4.58. The number of anilines is 1. The van der Waals surface area contributed by atoms with E-state index in [-0.39, 0.29) is 6.04 Å². The molecule has 15 heavy (non-hydrogen) atoms. The number of rotatable bonds is 3. The fourth-order valence-corrected chi connectivity index (χ4v) is 2.18. The zero-order chi connectivity index (χ0) is 10.8. The van der Waals surface area contributed by atoms with Gasteiger partial charge in [-0.15, -0.1) is 11.3 Å². The van der Waals surface area contributed by atoms with Gasteiger partial charge in [-0.25, -0.2) is 5.01 Å². The smallest absolute Gasteiger partial charge is 0.162 e. The molecule has 4 nitrogen and oxygen atoms in total. The zero-order valence-corrected chi connectivity index (χ0v) is 9.20. The Morgan fingerprint density at radius 2 is 2.60 bits per heavy atom. The van der Waals surface area contributed by atoms with Crippen LogP contribution in [0.25, 0.3) is 0 Å². The third-order valence-corrected chi connectivity index (χ3v) is 3.14. The average Bonchev–Trinajstić information content (AvgIpc) is 2.85. The van der Waals surface area contributed by atoms with E-state index in [1.165, 1.54) is 11.3 Å². The van der Waals surface area contributed by atoms with Gasteiger partial charge in [0.1, 0.15) is 0 Å². The molecule has 1 aromatic heterocycles. The van der Waals surface area contributed by atoms with Gasteiger partial charge in [0.15, 0.2) is 6.29 Å². The molecule has 1 aliphatic rings. The molecule has 5 heteroatoms. The van der Waals surface area contributed by atoms with Crippen molar-refractivity contribution in [1.29, 1.82) is 0 Å². The van der Waals surface area contributed by atoms with Gasteiger partial charge in [-0.05, 0) is 18.4 Å². The van der Waals surface area contributed by atoms with Crippen molar-refractivity contribution in [2.24, 2.45) is 10.3 Å². The van der Waals surface area contributed by atoms with Crippen LogP contribution in [-0.4, -0.2) is 18.9 Å². The Bertz CT molecular complexity index is 424. The number of nitrogens with zero attached hydrogens (tertiary/aromatic N) is 3. The summed E-state index contributed by atoms with van der Waals surface area (Å²) in [6.45, 7) is 6.47. The summed E-state index contributed by atoms with van der Waals surface area (Å²) in [5.41, 5.74) is 1.83. The highest BCUT2D eigenvalue weighted by Crippen LogP contribution is 2.30. The third-order valence-electron chi connectivity index (χ3n) is 2.31. The van der Waals surface area contributed by atoms with Crippen LogP contribution in [0.3, 0.4) is 0 Å². The minimum absolute atomic E-state index is 0.0818. The van der Waals surface area contributed by atoms with Crippen LogP contribution in [0.5, 0.6) is 0 Å². The largest absolute Gasteiger partial charge is 0.297 e. The van der Waals surface area contributed by atoms with E-state index in [9.17, 15) is 4.79 Å². The summed E-state index contributed by atoms with van der Waals surface area (Å²) in [7, 11) is 0. The second-order valence-electron chi connectivity index (χ2n) is 3.41. The molecule has 1 atom stereocenters. The van der Waals surface area contributed by atoms with E-state index in [0.29, 0.717) is 11.4 Å². The highest BCUT2D eigenvalue weighted by molar-refractivity contribution is 7.12. The van der Waals surface area contributed by atoms with Crippen molar-refractivity contribution in [1.82, 2.24) is 0 Å². The normalized spacial score (nSPS) is 19.5. The fraction of sp³-hybridized carbons (Fsp3) is 0.300. The predicted molar refractivity (Wildman–Crippen MR) is 60.5 cm³/mol. The molecule has 0 radical (unpaired) electrons. The number of hydrogen-bond donors (Lipinski definition) is 0. The van der Waals surface area contributed by atoms with E-state index >= 15 is 0 Å². The van der Waals surface area contributed by atoms with E-state index in [4.69, 9.17) is 0 Å². The molecule has 1 aromatic rings. The van der Waals surface area contributed by atoms with Gasteiger partial charge >= 0.3 is 0 Å². The van der Waals surface area contributed by atoms with Gasteiger partial charge in [-0.1, -0.05) is 17.4 Å². The maximum Gasteiger partial charge on any atom is 0.162 e. The van der Waals surface area contributed by atoms with Crippen molar-refractivity contribution >= 4 is 23.3 Å². The van der Waals surface area contributed by atoms with E-state index in [1.807, 2.05) is 18.4 Å². The highest BCUT2D eigenvalue weighted by atomic mass is 32.1. The second kappa shape index (κ2) is 3.94. The molecular formula is C10H11N3OS. The topological polar surface area (TPSA) is 45.0 Å². The van der Waals surface area contributed by atoms with E-state index in [0.717, 1.165) is 17.5 Å². The number of carbonyl (C=O) groups excluding carboxylic acids is 1. The summed E-state index contributed by atoms with van der Waals surface area (Å²) in [6.07, 6.45) is 0.851. The number of thiophene rings is 1. The molecule has 0 spiro atoms. The first-order chi connectivity index (χ1) is 7.24. The van der Waals surface area contributed by atoms with Crippen LogP contribution in [0, 0.1) is 0 Å². The quantitative estimate of drug-likeness (QED) is 0.582. The van der Waals surface area contributed by atoms with Crippen molar-refractivity contribution in [2.75, 3.05) is 11.6 Å². The molecule has 2 heterocycles. The van der Waals surface area contributed by atoms with Gasteiger partial charge in [0.2, 0.25) is 0 Å². The Hall–Kier alpha value is -1.49. The Kier molecular flexibility index (Phi) is 2.64. The summed E-state index contributed by atoms with van der Waals surface area (Å²) in [6, 6.07) is 1.97. The monoisotopic (exact) mass is 221 g/mol. The van der Waals surface area contributed by atoms with Crippen LogP contribution >= 0.6 is 11.3 Å². The lowest BCUT2D eigenvalue weighted by Gasteiger charge is -2.21. The molecule has 0 bridgehead atoms. The second-order valence-corrected chi connectivity index (χ2v) is 4.36. The molecule has 0 aliphatic carbocycles. The van der Waals surface area contributed by atoms with Gasteiger partial charge in [0.05, 0.1) is 23.2 Å². The lowest BCUT2D eigenvalue weighted by molar-refractivity contribution is 0.112. The summed E-state index contributed by atoms with van der Waals surface area (Å²) < 4.78 is 0. The van der Waals surface area contributed by atoms with Gasteiger partial charge in [0.25, 0.3) is 0 Å². The van der Waals surface area contributed by atoms with Crippen LogP contribution in [-0.2, 0) is 0 Å². The summed E-state index contributed by atoms with van der Waals surface area (Å²) >= 11 is 1.41. The molecule has 0 saturated carbocycles. The molecule has 0 N–H and O–H groups in total. The van der Waals surface area contributed by atoms with Crippen LogP contribution in [0.2, 0.25) is 0 Å². The minimum atomic E-state index is 0.0818. The predicted octanol–water partition coefficient (Wildman–Crippen LogP) is 2.69. The average molecular weight is 221 g/mol. The third kappa shape index (κ3) is 1.70. The van der Waals surface area contributed by atoms with Crippen LogP contribution in [0.15, 0.2) is 33.9 Å². The van der Waals surface area contributed by atoms with Gasteiger partial charge < -0.3 is 0 Å². The number of aldehydes is 1. The molecule has 1 aliphatic heterocycles. The Balaban J connectivity index is 2.34. The first-order valence-corrected chi connectivity index (χ1v) is 5.46. The molecule has 0 aromatic carbocycles. The lowest BCUT2D eigenvalue weighted by atomic mass is 10.1. The maximum atomic E-state index is 10.8. The molecular weight excluding hydrogens is 210 g/mol. The highest BCUT2D eigenvalue weighted by Gasteiger charge is 2.26. The summed E-state index contributed by atoms with van der Waals surface area (Å²) in [5, 5.41) is 11.7. The molecule has 0 amide bonds. The van der Waals surface area contributed by atoms with Crippen molar-refractivity contribution in [2.45, 2.75) is 13.0 Å². The summed E-state index contributed by atoms with van der Waals surface area (Å²) in [5.74, 6) is 0. The molecule has 78 valence electrons. The first kappa shape index (κ1) is 10.0. The standard InChI is InChI=1S/C10H11N3OS/c1-7(2)9-5-11-12-13(9)8-3-4-15-10(8)6-14/h3-4,6,9H,1,5H2,2H3. The number of hydrogen-bond acceptors (Lipinski definition) is 5. The lowest BCUT2D eigenvalue weighted by Crippen LogP contribution is -2.29. The summed E-state index contributed by atoms with van der Waals surface area (Å²) in [4.78, 5) is 11.5.